The third-order valence-corrected chi connectivity index (χ3v) is 5.18. The number of anilines is 1. The number of carbonyl (C=O) groups excluding carboxylic acids is 1. The third-order valence-electron chi connectivity index (χ3n) is 5.18. The van der Waals surface area contributed by atoms with E-state index in [1.54, 1.807) is 7.11 Å². The molecule has 1 amide bonds. The zero-order chi connectivity index (χ0) is 18.9. The Balaban J connectivity index is 1.68. The van der Waals surface area contributed by atoms with Crippen LogP contribution in [0, 0.1) is 5.41 Å². The van der Waals surface area contributed by atoms with Crippen LogP contribution in [0.2, 0.25) is 0 Å². The summed E-state index contributed by atoms with van der Waals surface area (Å²) in [5, 5.41) is 1.08. The Labute approximate surface area is 156 Å². The summed E-state index contributed by atoms with van der Waals surface area (Å²) in [5.74, 6) is 2.07. The number of nitrogens with zero attached hydrogens (tertiary/aromatic N) is 3. The standard InChI is InChI=1S/C21H29N3O2/c1-21(2,3)20(25)23(4)16-10-12-24(13-11-16)19-9-6-15-14-17(26-5)7-8-18(15)22-19/h6-9,14,16H,10-13H2,1-5H3. The minimum atomic E-state index is -0.327. The van der Waals surface area contributed by atoms with E-state index >= 15 is 0 Å². The molecule has 140 valence electrons. The molecule has 1 aromatic carbocycles. The summed E-state index contributed by atoms with van der Waals surface area (Å²) in [6, 6.07) is 10.4. The number of piperidine rings is 1. The molecule has 0 aliphatic carbocycles. The first kappa shape index (κ1) is 18.5. The van der Waals surface area contributed by atoms with Crippen molar-refractivity contribution < 1.29 is 9.53 Å². The highest BCUT2D eigenvalue weighted by molar-refractivity contribution is 5.82. The van der Waals surface area contributed by atoms with Crippen molar-refractivity contribution in [1.29, 1.82) is 0 Å². The number of ether oxygens (including phenoxy) is 1. The number of aromatic nitrogens is 1. The van der Waals surface area contributed by atoms with Crippen molar-refractivity contribution in [2.24, 2.45) is 5.41 Å². The van der Waals surface area contributed by atoms with Crippen LogP contribution in [0.1, 0.15) is 33.6 Å². The van der Waals surface area contributed by atoms with Crippen LogP contribution in [0.25, 0.3) is 10.9 Å². The Morgan fingerprint density at radius 3 is 2.50 bits per heavy atom. The lowest BCUT2D eigenvalue weighted by Gasteiger charge is -2.39. The molecule has 0 bridgehead atoms. The fourth-order valence-corrected chi connectivity index (χ4v) is 3.57. The van der Waals surface area contributed by atoms with E-state index in [1.807, 2.05) is 50.9 Å². The fraction of sp³-hybridized carbons (Fsp3) is 0.524. The number of methoxy groups -OCH3 is 1. The van der Waals surface area contributed by atoms with Crippen LogP contribution in [0.4, 0.5) is 5.82 Å². The average molecular weight is 355 g/mol. The Bertz CT molecular complexity index is 789. The van der Waals surface area contributed by atoms with Crippen LogP contribution in [-0.2, 0) is 4.79 Å². The number of hydrogen-bond donors (Lipinski definition) is 0. The van der Waals surface area contributed by atoms with E-state index in [-0.39, 0.29) is 11.3 Å². The second-order valence-corrected chi connectivity index (χ2v) is 8.11. The molecule has 0 radical (unpaired) electrons. The highest BCUT2D eigenvalue weighted by Crippen LogP contribution is 2.27. The second-order valence-electron chi connectivity index (χ2n) is 8.11. The molecule has 1 fully saturated rings. The monoisotopic (exact) mass is 355 g/mol. The highest BCUT2D eigenvalue weighted by atomic mass is 16.5. The molecule has 2 heterocycles. The predicted octanol–water partition coefficient (Wildman–Crippen LogP) is 3.72. The summed E-state index contributed by atoms with van der Waals surface area (Å²) >= 11 is 0. The van der Waals surface area contributed by atoms with Gasteiger partial charge >= 0.3 is 0 Å². The third kappa shape index (κ3) is 3.76. The van der Waals surface area contributed by atoms with Gasteiger partial charge in [-0.25, -0.2) is 4.98 Å². The van der Waals surface area contributed by atoms with E-state index in [9.17, 15) is 4.79 Å². The van der Waals surface area contributed by atoms with E-state index in [1.165, 1.54) is 0 Å². The summed E-state index contributed by atoms with van der Waals surface area (Å²) in [7, 11) is 3.62. The van der Waals surface area contributed by atoms with Gasteiger partial charge in [0, 0.05) is 37.0 Å². The molecule has 0 unspecified atom stereocenters. The Morgan fingerprint density at radius 2 is 1.88 bits per heavy atom. The molecule has 26 heavy (non-hydrogen) atoms. The van der Waals surface area contributed by atoms with Crippen molar-refractivity contribution in [2.75, 3.05) is 32.1 Å². The van der Waals surface area contributed by atoms with Gasteiger partial charge in [0.1, 0.15) is 11.6 Å². The van der Waals surface area contributed by atoms with E-state index in [2.05, 4.69) is 17.0 Å². The summed E-state index contributed by atoms with van der Waals surface area (Å²) < 4.78 is 5.28. The number of hydrogen-bond acceptors (Lipinski definition) is 4. The molecule has 0 atom stereocenters. The van der Waals surface area contributed by atoms with Gasteiger partial charge in [0.2, 0.25) is 5.91 Å². The molecule has 2 aromatic rings. The number of carbonyl (C=O) groups is 1. The van der Waals surface area contributed by atoms with Gasteiger partial charge in [-0.15, -0.1) is 0 Å². The normalized spacial score (nSPS) is 16.0. The molecule has 5 nitrogen and oxygen atoms in total. The van der Waals surface area contributed by atoms with Gasteiger partial charge < -0.3 is 14.5 Å². The number of amides is 1. The van der Waals surface area contributed by atoms with Crippen molar-refractivity contribution in [3.8, 4) is 5.75 Å². The molecule has 3 rings (SSSR count). The maximum Gasteiger partial charge on any atom is 0.227 e. The smallest absolute Gasteiger partial charge is 0.227 e. The topological polar surface area (TPSA) is 45.7 Å². The number of pyridine rings is 1. The molecule has 1 saturated heterocycles. The SMILES string of the molecule is COc1ccc2nc(N3CCC(N(C)C(=O)C(C)(C)C)CC3)ccc2c1. The van der Waals surface area contributed by atoms with Gasteiger partial charge in [0.05, 0.1) is 12.6 Å². The van der Waals surface area contributed by atoms with Gasteiger partial charge in [-0.3, -0.25) is 4.79 Å². The number of rotatable bonds is 3. The lowest BCUT2D eigenvalue weighted by molar-refractivity contribution is -0.140. The summed E-state index contributed by atoms with van der Waals surface area (Å²) in [5.41, 5.74) is 0.651. The van der Waals surface area contributed by atoms with Crippen LogP contribution >= 0.6 is 0 Å². The molecule has 1 aromatic heterocycles. The van der Waals surface area contributed by atoms with E-state index in [0.29, 0.717) is 6.04 Å². The van der Waals surface area contributed by atoms with Gasteiger partial charge in [0.15, 0.2) is 0 Å². The van der Waals surface area contributed by atoms with Crippen LogP contribution in [0.15, 0.2) is 30.3 Å². The molecular weight excluding hydrogens is 326 g/mol. The Hall–Kier alpha value is -2.30. The molecule has 0 N–H and O–H groups in total. The zero-order valence-corrected chi connectivity index (χ0v) is 16.5. The van der Waals surface area contributed by atoms with E-state index < -0.39 is 0 Å². The first-order valence-corrected chi connectivity index (χ1v) is 9.26. The molecule has 5 heteroatoms. The van der Waals surface area contributed by atoms with Crippen molar-refractivity contribution in [1.82, 2.24) is 9.88 Å². The van der Waals surface area contributed by atoms with Gasteiger partial charge in [-0.05, 0) is 43.2 Å². The van der Waals surface area contributed by atoms with Gasteiger partial charge in [-0.1, -0.05) is 20.8 Å². The summed E-state index contributed by atoms with van der Waals surface area (Å²) in [6.45, 7) is 7.78. The van der Waals surface area contributed by atoms with Crippen LogP contribution in [0.5, 0.6) is 5.75 Å². The lowest BCUT2D eigenvalue weighted by Crippen LogP contribution is -2.48. The second kappa shape index (κ2) is 7.14. The predicted molar refractivity (Wildman–Crippen MR) is 106 cm³/mol. The van der Waals surface area contributed by atoms with E-state index in [4.69, 9.17) is 9.72 Å². The highest BCUT2D eigenvalue weighted by Gasteiger charge is 2.31. The molecule has 0 spiro atoms. The van der Waals surface area contributed by atoms with Crippen molar-refractivity contribution in [3.05, 3.63) is 30.3 Å². The molecule has 1 aliphatic heterocycles. The lowest BCUT2D eigenvalue weighted by atomic mass is 9.92. The van der Waals surface area contributed by atoms with Gasteiger partial charge in [-0.2, -0.15) is 0 Å². The first-order valence-electron chi connectivity index (χ1n) is 9.26. The van der Waals surface area contributed by atoms with E-state index in [0.717, 1.165) is 48.4 Å². The van der Waals surface area contributed by atoms with Crippen LogP contribution < -0.4 is 9.64 Å². The molecule has 1 aliphatic rings. The van der Waals surface area contributed by atoms with Gasteiger partial charge in [0.25, 0.3) is 0 Å². The van der Waals surface area contributed by atoms with Crippen molar-refractivity contribution in [3.63, 3.8) is 0 Å². The number of benzene rings is 1. The van der Waals surface area contributed by atoms with Crippen molar-refractivity contribution in [2.45, 2.75) is 39.7 Å². The summed E-state index contributed by atoms with van der Waals surface area (Å²) in [4.78, 5) is 21.6. The quantitative estimate of drug-likeness (QED) is 0.842. The molecular formula is C21H29N3O2. The zero-order valence-electron chi connectivity index (χ0n) is 16.5. The first-order chi connectivity index (χ1) is 12.3. The van der Waals surface area contributed by atoms with Crippen LogP contribution in [0.3, 0.4) is 0 Å². The molecule has 0 saturated carbocycles. The maximum absolute atomic E-state index is 12.5. The largest absolute Gasteiger partial charge is 0.497 e. The average Bonchev–Trinajstić information content (AvgIpc) is 2.65. The van der Waals surface area contributed by atoms with Crippen LogP contribution in [-0.4, -0.2) is 49.1 Å². The number of fused-ring (bicyclic) bond motifs is 1. The minimum Gasteiger partial charge on any atom is -0.497 e. The maximum atomic E-state index is 12.5. The Kier molecular flexibility index (Phi) is 5.08. The Morgan fingerprint density at radius 1 is 1.19 bits per heavy atom. The fourth-order valence-electron chi connectivity index (χ4n) is 3.57. The summed E-state index contributed by atoms with van der Waals surface area (Å²) in [6.07, 6.45) is 1.95. The minimum absolute atomic E-state index is 0.216. The van der Waals surface area contributed by atoms with Crippen molar-refractivity contribution >= 4 is 22.6 Å².